The summed E-state index contributed by atoms with van der Waals surface area (Å²) < 4.78 is 27.9. The third-order valence-electron chi connectivity index (χ3n) is 4.23. The molecule has 1 aromatic rings. The first kappa shape index (κ1) is 21.3. The van der Waals surface area contributed by atoms with Gasteiger partial charge in [0, 0.05) is 19.8 Å². The van der Waals surface area contributed by atoms with E-state index in [4.69, 9.17) is 23.7 Å². The second-order valence-corrected chi connectivity index (χ2v) is 6.49. The molecule has 0 spiro atoms. The largest absolute Gasteiger partial charge is 0.379 e. The predicted molar refractivity (Wildman–Crippen MR) is 101 cm³/mol. The van der Waals surface area contributed by atoms with E-state index in [0.717, 1.165) is 45.5 Å². The van der Waals surface area contributed by atoms with Gasteiger partial charge in [-0.3, -0.25) is 0 Å². The van der Waals surface area contributed by atoms with E-state index >= 15 is 0 Å². The molecule has 5 heteroatoms. The molecule has 1 unspecified atom stereocenters. The van der Waals surface area contributed by atoms with Crippen LogP contribution in [0.2, 0.25) is 0 Å². The number of unbranched alkanes of at least 4 members (excludes halogenated alkanes) is 2. The molecular formula is C21H34O5. The highest BCUT2D eigenvalue weighted by Crippen LogP contribution is 2.14. The van der Waals surface area contributed by atoms with Crippen molar-refractivity contribution in [1.29, 1.82) is 0 Å². The van der Waals surface area contributed by atoms with Gasteiger partial charge in [-0.05, 0) is 44.1 Å². The SMILES string of the molecule is c1ccc(COCCOCCOCCCCCOC2CCCCO2)cc1. The quantitative estimate of drug-likeness (QED) is 0.440. The van der Waals surface area contributed by atoms with Gasteiger partial charge in [-0.1, -0.05) is 30.3 Å². The van der Waals surface area contributed by atoms with Crippen molar-refractivity contribution in [2.75, 3.05) is 46.2 Å². The van der Waals surface area contributed by atoms with Gasteiger partial charge >= 0.3 is 0 Å². The summed E-state index contributed by atoms with van der Waals surface area (Å²) in [5, 5.41) is 0. The van der Waals surface area contributed by atoms with E-state index in [0.29, 0.717) is 33.0 Å². The van der Waals surface area contributed by atoms with Crippen molar-refractivity contribution >= 4 is 0 Å². The van der Waals surface area contributed by atoms with Crippen LogP contribution in [0.1, 0.15) is 44.1 Å². The third kappa shape index (κ3) is 10.9. The Bertz CT molecular complexity index is 420. The van der Waals surface area contributed by atoms with Crippen molar-refractivity contribution in [2.24, 2.45) is 0 Å². The molecule has 2 rings (SSSR count). The fraction of sp³-hybridized carbons (Fsp3) is 0.714. The highest BCUT2D eigenvalue weighted by Gasteiger charge is 2.13. The fourth-order valence-electron chi connectivity index (χ4n) is 2.74. The lowest BCUT2D eigenvalue weighted by molar-refractivity contribution is -0.162. The minimum Gasteiger partial charge on any atom is -0.379 e. The van der Waals surface area contributed by atoms with Crippen LogP contribution in [0.3, 0.4) is 0 Å². The van der Waals surface area contributed by atoms with E-state index in [1.54, 1.807) is 0 Å². The van der Waals surface area contributed by atoms with Gasteiger partial charge in [-0.15, -0.1) is 0 Å². The molecule has 0 radical (unpaired) electrons. The second-order valence-electron chi connectivity index (χ2n) is 6.49. The molecule has 1 saturated heterocycles. The molecule has 26 heavy (non-hydrogen) atoms. The molecule has 0 amide bonds. The van der Waals surface area contributed by atoms with Crippen molar-refractivity contribution in [3.8, 4) is 0 Å². The average molecular weight is 366 g/mol. The zero-order chi connectivity index (χ0) is 18.1. The van der Waals surface area contributed by atoms with Crippen molar-refractivity contribution in [2.45, 2.75) is 51.4 Å². The van der Waals surface area contributed by atoms with Crippen molar-refractivity contribution < 1.29 is 23.7 Å². The number of hydrogen-bond donors (Lipinski definition) is 0. The Hall–Kier alpha value is -0.980. The first-order valence-corrected chi connectivity index (χ1v) is 9.95. The van der Waals surface area contributed by atoms with E-state index in [1.165, 1.54) is 18.4 Å². The van der Waals surface area contributed by atoms with Gasteiger partial charge in [0.2, 0.25) is 0 Å². The molecule has 148 valence electrons. The average Bonchev–Trinajstić information content (AvgIpc) is 2.70. The normalized spacial score (nSPS) is 17.5. The topological polar surface area (TPSA) is 46.2 Å². The molecule has 0 aromatic heterocycles. The van der Waals surface area contributed by atoms with Crippen LogP contribution in [0.25, 0.3) is 0 Å². The molecule has 0 N–H and O–H groups in total. The van der Waals surface area contributed by atoms with E-state index in [9.17, 15) is 0 Å². The first-order chi connectivity index (χ1) is 12.9. The molecule has 1 atom stereocenters. The molecule has 1 aliphatic rings. The van der Waals surface area contributed by atoms with Crippen LogP contribution < -0.4 is 0 Å². The van der Waals surface area contributed by atoms with Gasteiger partial charge in [0.1, 0.15) is 0 Å². The Balaban J connectivity index is 1.25. The number of ether oxygens (including phenoxy) is 5. The van der Waals surface area contributed by atoms with Gasteiger partial charge in [0.15, 0.2) is 6.29 Å². The molecule has 5 nitrogen and oxygen atoms in total. The zero-order valence-electron chi connectivity index (χ0n) is 15.9. The molecule has 0 bridgehead atoms. The standard InChI is InChI=1S/C21H34O5/c1-3-9-20(10-4-1)19-24-18-17-23-16-15-22-12-6-2-7-13-25-21-11-5-8-14-26-21/h1,3-4,9-10,21H,2,5-8,11-19H2. The number of rotatable bonds is 15. The van der Waals surface area contributed by atoms with Gasteiger partial charge < -0.3 is 23.7 Å². The lowest BCUT2D eigenvalue weighted by atomic mass is 10.2. The van der Waals surface area contributed by atoms with Crippen LogP contribution in [-0.4, -0.2) is 52.5 Å². The van der Waals surface area contributed by atoms with E-state index in [2.05, 4.69) is 12.1 Å². The molecule has 1 aliphatic heterocycles. The summed E-state index contributed by atoms with van der Waals surface area (Å²) in [7, 11) is 0. The molecular weight excluding hydrogens is 332 g/mol. The number of benzene rings is 1. The molecule has 0 aliphatic carbocycles. The van der Waals surface area contributed by atoms with Crippen molar-refractivity contribution in [3.05, 3.63) is 35.9 Å². The van der Waals surface area contributed by atoms with E-state index in [1.807, 2.05) is 18.2 Å². The third-order valence-corrected chi connectivity index (χ3v) is 4.23. The number of hydrogen-bond acceptors (Lipinski definition) is 5. The lowest BCUT2D eigenvalue weighted by Crippen LogP contribution is -2.22. The van der Waals surface area contributed by atoms with E-state index < -0.39 is 0 Å². The Kier molecular flexibility index (Phi) is 12.4. The summed E-state index contributed by atoms with van der Waals surface area (Å²) in [6.07, 6.45) is 6.73. The summed E-state index contributed by atoms with van der Waals surface area (Å²) in [5.41, 5.74) is 1.19. The summed E-state index contributed by atoms with van der Waals surface area (Å²) in [4.78, 5) is 0. The second kappa shape index (κ2) is 15.1. The summed E-state index contributed by atoms with van der Waals surface area (Å²) in [6.45, 7) is 5.54. The Morgan fingerprint density at radius 1 is 0.769 bits per heavy atom. The molecule has 0 saturated carbocycles. The van der Waals surface area contributed by atoms with Gasteiger partial charge in [-0.2, -0.15) is 0 Å². The van der Waals surface area contributed by atoms with Gasteiger partial charge in [0.05, 0.1) is 33.0 Å². The molecule has 1 heterocycles. The van der Waals surface area contributed by atoms with E-state index in [-0.39, 0.29) is 6.29 Å². The van der Waals surface area contributed by atoms with Crippen molar-refractivity contribution in [3.63, 3.8) is 0 Å². The molecule has 1 aromatic carbocycles. The van der Waals surface area contributed by atoms with Crippen LogP contribution >= 0.6 is 0 Å². The zero-order valence-corrected chi connectivity index (χ0v) is 15.9. The van der Waals surface area contributed by atoms with Crippen LogP contribution in [0.5, 0.6) is 0 Å². The lowest BCUT2D eigenvalue weighted by Gasteiger charge is -2.22. The first-order valence-electron chi connectivity index (χ1n) is 9.95. The maximum Gasteiger partial charge on any atom is 0.157 e. The van der Waals surface area contributed by atoms with Crippen molar-refractivity contribution in [1.82, 2.24) is 0 Å². The Morgan fingerprint density at radius 3 is 2.27 bits per heavy atom. The smallest absolute Gasteiger partial charge is 0.157 e. The minimum atomic E-state index is 0.0359. The summed E-state index contributed by atoms with van der Waals surface area (Å²) in [6, 6.07) is 10.2. The summed E-state index contributed by atoms with van der Waals surface area (Å²) in [5.74, 6) is 0. The minimum absolute atomic E-state index is 0.0359. The summed E-state index contributed by atoms with van der Waals surface area (Å²) >= 11 is 0. The fourth-order valence-corrected chi connectivity index (χ4v) is 2.74. The van der Waals surface area contributed by atoms with Crippen LogP contribution in [-0.2, 0) is 30.3 Å². The molecule has 1 fully saturated rings. The van der Waals surface area contributed by atoms with Crippen LogP contribution in [0, 0.1) is 0 Å². The Labute approximate surface area is 157 Å². The maximum absolute atomic E-state index is 5.71. The van der Waals surface area contributed by atoms with Gasteiger partial charge in [0.25, 0.3) is 0 Å². The highest BCUT2D eigenvalue weighted by atomic mass is 16.7. The maximum atomic E-state index is 5.71. The van der Waals surface area contributed by atoms with Gasteiger partial charge in [-0.25, -0.2) is 0 Å². The highest BCUT2D eigenvalue weighted by molar-refractivity contribution is 5.13. The predicted octanol–water partition coefficient (Wildman–Crippen LogP) is 3.95. The van der Waals surface area contributed by atoms with Crippen LogP contribution in [0.4, 0.5) is 0 Å². The van der Waals surface area contributed by atoms with Crippen LogP contribution in [0.15, 0.2) is 30.3 Å². The Morgan fingerprint density at radius 2 is 1.50 bits per heavy atom. The monoisotopic (exact) mass is 366 g/mol.